The molecule has 2 nitrogen and oxygen atoms in total. The molecule has 0 radical (unpaired) electrons. The van der Waals surface area contributed by atoms with Crippen LogP contribution in [0.15, 0.2) is 0 Å². The molecule has 0 fully saturated rings. The van der Waals surface area contributed by atoms with Crippen LogP contribution in [-0.2, 0) is 0 Å². The number of aliphatic hydroxyl groups excluding tert-OH is 2. The first-order valence-electron chi connectivity index (χ1n) is 2.06. The van der Waals surface area contributed by atoms with E-state index in [-0.39, 0.29) is 12.7 Å². The highest BCUT2D eigenvalue weighted by Gasteiger charge is 1.88. The first-order valence-corrected chi connectivity index (χ1v) is 2.06. The van der Waals surface area contributed by atoms with Gasteiger partial charge in [-0.2, -0.15) is 0 Å². The van der Waals surface area contributed by atoms with Crippen LogP contribution < -0.4 is 0 Å². The van der Waals surface area contributed by atoms with Gasteiger partial charge in [0.15, 0.2) is 0 Å². The fourth-order valence-corrected chi connectivity index (χ4v) is 0.187. The minimum atomic E-state index is -0.352. The third kappa shape index (κ3) is 3.92. The van der Waals surface area contributed by atoms with Gasteiger partial charge in [0, 0.05) is 6.61 Å². The molecule has 1 atom stereocenters. The van der Waals surface area contributed by atoms with E-state index in [2.05, 4.69) is 0 Å². The van der Waals surface area contributed by atoms with E-state index in [1.54, 1.807) is 6.92 Å². The van der Waals surface area contributed by atoms with E-state index in [0.29, 0.717) is 6.42 Å². The van der Waals surface area contributed by atoms with Crippen molar-refractivity contribution in [3.63, 3.8) is 0 Å². The summed E-state index contributed by atoms with van der Waals surface area (Å²) in [6, 6.07) is 0. The molecular weight excluding hydrogens is 82.0 g/mol. The average molecular weight is 92.1 g/mol. The molecule has 0 aliphatic heterocycles. The SMILES string of the molecule is C[13CH](O)C[13CH2]O. The zero-order chi connectivity index (χ0) is 4.99. The molecule has 0 aromatic heterocycles. The highest BCUT2D eigenvalue weighted by Crippen LogP contribution is 1.83. The summed E-state index contributed by atoms with van der Waals surface area (Å²) in [4.78, 5) is 0. The van der Waals surface area contributed by atoms with Gasteiger partial charge in [-0.25, -0.2) is 0 Å². The van der Waals surface area contributed by atoms with Gasteiger partial charge in [0.2, 0.25) is 0 Å². The Morgan fingerprint density at radius 3 is 2.17 bits per heavy atom. The molecule has 6 heavy (non-hydrogen) atoms. The number of hydrogen-bond acceptors (Lipinski definition) is 2. The third-order valence-electron chi connectivity index (χ3n) is 0.547. The summed E-state index contributed by atoms with van der Waals surface area (Å²) in [6.07, 6.45) is 0.134. The van der Waals surface area contributed by atoms with Crippen LogP contribution in [0, 0.1) is 0 Å². The van der Waals surface area contributed by atoms with Gasteiger partial charge in [-0.1, -0.05) is 0 Å². The average Bonchev–Trinajstić information content (AvgIpc) is 1.35. The minimum Gasteiger partial charge on any atom is -0.396 e. The quantitative estimate of drug-likeness (QED) is 0.461. The normalized spacial score (nSPS) is 14.5. The van der Waals surface area contributed by atoms with Crippen molar-refractivity contribution < 1.29 is 10.2 Å². The molecule has 0 amide bonds. The minimum absolute atomic E-state index is 0.0810. The first-order chi connectivity index (χ1) is 2.77. The lowest BCUT2D eigenvalue weighted by atomic mass is 10.7. The molecule has 0 aromatic carbocycles. The lowest BCUT2D eigenvalue weighted by molar-refractivity contribution is 0.148. The fraction of sp³-hybridized carbons (Fsp3) is 1.00. The Balaban J connectivity index is 2.63. The standard InChI is InChI=1S/C4H10O2/c1-4(6)2-3-5/h4-6H,2-3H2,1H3/i3+1,4+1. The van der Waals surface area contributed by atoms with Gasteiger partial charge in [-0.15, -0.1) is 0 Å². The lowest BCUT2D eigenvalue weighted by Crippen LogP contribution is -2.00. The van der Waals surface area contributed by atoms with E-state index >= 15 is 0 Å². The van der Waals surface area contributed by atoms with Gasteiger partial charge in [0.05, 0.1) is 6.10 Å². The van der Waals surface area contributed by atoms with Crippen molar-refractivity contribution in [3.05, 3.63) is 0 Å². The van der Waals surface area contributed by atoms with Crippen molar-refractivity contribution in [1.82, 2.24) is 0 Å². The van der Waals surface area contributed by atoms with Gasteiger partial charge >= 0.3 is 0 Å². The molecule has 0 saturated carbocycles. The van der Waals surface area contributed by atoms with E-state index in [9.17, 15) is 0 Å². The largest absolute Gasteiger partial charge is 0.396 e. The summed E-state index contributed by atoms with van der Waals surface area (Å²) in [5, 5.41) is 16.5. The van der Waals surface area contributed by atoms with Gasteiger partial charge in [-0.05, 0) is 13.3 Å². The van der Waals surface area contributed by atoms with Crippen molar-refractivity contribution in [3.8, 4) is 0 Å². The van der Waals surface area contributed by atoms with E-state index in [0.717, 1.165) is 0 Å². The van der Waals surface area contributed by atoms with Gasteiger partial charge < -0.3 is 10.2 Å². The highest BCUT2D eigenvalue weighted by atomic mass is 16.4. The third-order valence-corrected chi connectivity index (χ3v) is 0.547. The second-order valence-corrected chi connectivity index (χ2v) is 1.36. The van der Waals surface area contributed by atoms with Crippen molar-refractivity contribution in [2.45, 2.75) is 19.4 Å². The van der Waals surface area contributed by atoms with Crippen molar-refractivity contribution in [2.75, 3.05) is 6.61 Å². The molecule has 0 saturated heterocycles. The lowest BCUT2D eigenvalue weighted by Gasteiger charge is -1.95. The fourth-order valence-electron chi connectivity index (χ4n) is 0.187. The first kappa shape index (κ1) is 5.92. The molecule has 1 unspecified atom stereocenters. The van der Waals surface area contributed by atoms with Crippen molar-refractivity contribution in [1.29, 1.82) is 0 Å². The summed E-state index contributed by atoms with van der Waals surface area (Å²) in [5.41, 5.74) is 0. The Morgan fingerprint density at radius 1 is 1.67 bits per heavy atom. The van der Waals surface area contributed by atoms with Crippen LogP contribution >= 0.6 is 0 Å². The summed E-state index contributed by atoms with van der Waals surface area (Å²) in [6.45, 7) is 1.73. The maximum atomic E-state index is 8.39. The number of rotatable bonds is 2. The zero-order valence-electron chi connectivity index (χ0n) is 3.89. The topological polar surface area (TPSA) is 40.5 Å². The maximum absolute atomic E-state index is 8.39. The van der Waals surface area contributed by atoms with Gasteiger partial charge in [0.1, 0.15) is 0 Å². The molecule has 0 rings (SSSR count). The Hall–Kier alpha value is -0.0800. The van der Waals surface area contributed by atoms with E-state index in [4.69, 9.17) is 10.2 Å². The maximum Gasteiger partial charge on any atom is 0.0533 e. The molecule has 38 valence electrons. The van der Waals surface area contributed by atoms with Crippen LogP contribution in [0.4, 0.5) is 0 Å². The molecule has 0 aliphatic rings. The summed E-state index contributed by atoms with van der Waals surface area (Å²) >= 11 is 0. The van der Waals surface area contributed by atoms with Crippen LogP contribution in [0.3, 0.4) is 0 Å². The number of hydrogen-bond donors (Lipinski definition) is 2. The predicted octanol–water partition coefficient (Wildman–Crippen LogP) is -0.250. The second-order valence-electron chi connectivity index (χ2n) is 1.36. The van der Waals surface area contributed by atoms with Crippen LogP contribution in [0.25, 0.3) is 0 Å². The van der Waals surface area contributed by atoms with Crippen molar-refractivity contribution >= 4 is 0 Å². The van der Waals surface area contributed by atoms with Gasteiger partial charge in [0.25, 0.3) is 0 Å². The Morgan fingerprint density at radius 2 is 2.17 bits per heavy atom. The van der Waals surface area contributed by atoms with Crippen molar-refractivity contribution in [2.24, 2.45) is 0 Å². The summed E-state index contributed by atoms with van der Waals surface area (Å²) in [7, 11) is 0. The predicted molar refractivity (Wildman–Crippen MR) is 23.4 cm³/mol. The van der Waals surface area contributed by atoms with Crippen LogP contribution in [0.2, 0.25) is 0 Å². The van der Waals surface area contributed by atoms with Crippen LogP contribution in [0.5, 0.6) is 0 Å². The Bertz CT molecular complexity index is 26.7. The second kappa shape index (κ2) is 3.12. The van der Waals surface area contributed by atoms with Crippen LogP contribution in [-0.4, -0.2) is 22.9 Å². The summed E-state index contributed by atoms with van der Waals surface area (Å²) < 4.78 is 0. The van der Waals surface area contributed by atoms with E-state index in [1.165, 1.54) is 0 Å². The molecule has 2 N–H and O–H groups in total. The molecule has 2 heteroatoms. The smallest absolute Gasteiger partial charge is 0.0533 e. The number of aliphatic hydroxyl groups is 2. The molecule has 0 spiro atoms. The highest BCUT2D eigenvalue weighted by molar-refractivity contribution is 4.40. The monoisotopic (exact) mass is 92.1 g/mol. The Kier molecular flexibility index (Phi) is 3.08. The Labute approximate surface area is 37.4 Å². The molecule has 0 aliphatic carbocycles. The summed E-state index contributed by atoms with van der Waals surface area (Å²) in [5.74, 6) is 0. The molecule has 0 aromatic rings. The van der Waals surface area contributed by atoms with E-state index < -0.39 is 0 Å². The van der Waals surface area contributed by atoms with Crippen LogP contribution in [0.1, 0.15) is 13.3 Å². The van der Waals surface area contributed by atoms with E-state index in [1.807, 2.05) is 0 Å². The molecule has 0 bridgehead atoms. The molecule has 0 heterocycles. The zero-order valence-corrected chi connectivity index (χ0v) is 3.89. The van der Waals surface area contributed by atoms with Gasteiger partial charge in [-0.3, -0.25) is 0 Å². The molecular formula is C4H10O2.